The Balaban J connectivity index is 1.34. The van der Waals surface area contributed by atoms with Gasteiger partial charge in [-0.1, -0.05) is 11.6 Å². The minimum absolute atomic E-state index is 0.0390. The second kappa shape index (κ2) is 7.15. The van der Waals surface area contributed by atoms with Crippen molar-refractivity contribution in [1.29, 1.82) is 0 Å². The molecule has 2 aliphatic rings. The van der Waals surface area contributed by atoms with E-state index in [-0.39, 0.29) is 24.5 Å². The summed E-state index contributed by atoms with van der Waals surface area (Å²) in [4.78, 5) is 27.0. The number of aryl methyl sites for hydroxylation is 1. The van der Waals surface area contributed by atoms with Crippen molar-refractivity contribution in [3.8, 4) is 11.5 Å². The Morgan fingerprint density at radius 2 is 1.89 bits per heavy atom. The van der Waals surface area contributed by atoms with Crippen molar-refractivity contribution in [2.45, 2.75) is 12.8 Å². The van der Waals surface area contributed by atoms with Gasteiger partial charge in [-0.15, -0.1) is 0 Å². The summed E-state index contributed by atoms with van der Waals surface area (Å²) in [5, 5.41) is 3.47. The number of nitrogens with zero attached hydrogens (tertiary/aromatic N) is 2. The van der Waals surface area contributed by atoms with E-state index in [0.29, 0.717) is 53.8 Å². The van der Waals surface area contributed by atoms with Crippen LogP contribution in [-0.2, 0) is 11.8 Å². The van der Waals surface area contributed by atoms with Gasteiger partial charge in [-0.2, -0.15) is 0 Å². The molecule has 1 N–H and O–H groups in total. The lowest BCUT2D eigenvalue weighted by atomic mass is 9.95. The molecule has 27 heavy (non-hydrogen) atoms. The number of ether oxygens (including phenoxy) is 2. The molecule has 1 fully saturated rings. The number of hydrogen-bond donors (Lipinski definition) is 1. The van der Waals surface area contributed by atoms with Gasteiger partial charge in [-0.25, -0.2) is 0 Å². The molecule has 1 aromatic heterocycles. The molecule has 2 aliphatic heterocycles. The van der Waals surface area contributed by atoms with Crippen LogP contribution in [0.5, 0.6) is 11.5 Å². The molecule has 2 amide bonds. The number of likely N-dealkylation sites (tertiary alicyclic amines) is 1. The number of amides is 2. The van der Waals surface area contributed by atoms with Crippen molar-refractivity contribution in [1.82, 2.24) is 9.47 Å². The molecule has 1 aromatic carbocycles. The average molecular weight is 390 g/mol. The molecule has 1 saturated heterocycles. The predicted octanol–water partition coefficient (Wildman–Crippen LogP) is 2.90. The largest absolute Gasteiger partial charge is 0.454 e. The summed E-state index contributed by atoms with van der Waals surface area (Å²) >= 11 is 5.96. The van der Waals surface area contributed by atoms with E-state index < -0.39 is 0 Å². The molecule has 0 aliphatic carbocycles. The number of anilines is 1. The highest BCUT2D eigenvalue weighted by Crippen LogP contribution is 2.34. The fourth-order valence-electron chi connectivity index (χ4n) is 3.46. The third kappa shape index (κ3) is 3.60. The molecule has 0 spiro atoms. The molecule has 0 radical (unpaired) electrons. The summed E-state index contributed by atoms with van der Waals surface area (Å²) in [7, 11) is 1.80. The van der Waals surface area contributed by atoms with Gasteiger partial charge >= 0.3 is 0 Å². The molecule has 2 aromatic rings. The Bertz CT molecular complexity index is 887. The lowest BCUT2D eigenvalue weighted by molar-refractivity contribution is -0.121. The quantitative estimate of drug-likeness (QED) is 0.876. The Hall–Kier alpha value is -2.67. The van der Waals surface area contributed by atoms with E-state index in [1.54, 1.807) is 47.0 Å². The summed E-state index contributed by atoms with van der Waals surface area (Å²) in [6.07, 6.45) is 2.96. The van der Waals surface area contributed by atoms with E-state index in [1.165, 1.54) is 0 Å². The third-order valence-corrected chi connectivity index (χ3v) is 5.19. The lowest BCUT2D eigenvalue weighted by Crippen LogP contribution is -2.42. The van der Waals surface area contributed by atoms with E-state index in [2.05, 4.69) is 5.32 Å². The van der Waals surface area contributed by atoms with Gasteiger partial charge in [-0.05, 0) is 31.0 Å². The Kier molecular flexibility index (Phi) is 4.70. The fraction of sp³-hybridized carbons (Fsp3) is 0.368. The van der Waals surface area contributed by atoms with Crippen LogP contribution in [0.4, 0.5) is 5.69 Å². The number of halogens is 1. The van der Waals surface area contributed by atoms with Gasteiger partial charge in [0, 0.05) is 44.0 Å². The first-order valence-electron chi connectivity index (χ1n) is 8.83. The molecular weight excluding hydrogens is 370 g/mol. The molecule has 4 rings (SSSR count). The van der Waals surface area contributed by atoms with E-state index in [1.807, 2.05) is 0 Å². The molecule has 142 valence electrons. The minimum Gasteiger partial charge on any atom is -0.454 e. The van der Waals surface area contributed by atoms with Crippen molar-refractivity contribution in [3.63, 3.8) is 0 Å². The van der Waals surface area contributed by atoms with Crippen LogP contribution < -0.4 is 14.8 Å². The molecule has 3 heterocycles. The highest BCUT2D eigenvalue weighted by Gasteiger charge is 2.29. The molecule has 8 heteroatoms. The van der Waals surface area contributed by atoms with Crippen LogP contribution in [-0.4, -0.2) is 41.2 Å². The summed E-state index contributed by atoms with van der Waals surface area (Å²) in [6, 6.07) is 7.01. The number of carbonyl (C=O) groups excluding carboxylic acids is 2. The first kappa shape index (κ1) is 17.7. The zero-order valence-corrected chi connectivity index (χ0v) is 15.7. The summed E-state index contributed by atoms with van der Waals surface area (Å²) in [5.41, 5.74) is 1.24. The second-order valence-corrected chi connectivity index (χ2v) is 7.21. The number of piperidine rings is 1. The average Bonchev–Trinajstić information content (AvgIpc) is 3.26. The Morgan fingerprint density at radius 1 is 1.15 bits per heavy atom. The van der Waals surface area contributed by atoms with E-state index in [9.17, 15) is 9.59 Å². The molecule has 7 nitrogen and oxygen atoms in total. The van der Waals surface area contributed by atoms with Crippen molar-refractivity contribution >= 4 is 29.1 Å². The fourth-order valence-corrected chi connectivity index (χ4v) is 3.71. The monoisotopic (exact) mass is 389 g/mol. The Labute approximate surface area is 161 Å². The maximum Gasteiger partial charge on any atom is 0.270 e. The topological polar surface area (TPSA) is 72.8 Å². The van der Waals surface area contributed by atoms with Crippen LogP contribution in [0.1, 0.15) is 23.3 Å². The van der Waals surface area contributed by atoms with Crippen molar-refractivity contribution < 1.29 is 19.1 Å². The predicted molar refractivity (Wildman–Crippen MR) is 100 cm³/mol. The SMILES string of the molecule is Cn1cc(Cl)cc1C(=O)N1CCC(C(=O)Nc2ccc3c(c2)OCO3)CC1. The molecular formula is C19H20ClN3O4. The van der Waals surface area contributed by atoms with E-state index in [4.69, 9.17) is 21.1 Å². The first-order valence-corrected chi connectivity index (χ1v) is 9.21. The first-order chi connectivity index (χ1) is 13.0. The van der Waals surface area contributed by atoms with Crippen molar-refractivity contribution in [3.05, 3.63) is 41.2 Å². The highest BCUT2D eigenvalue weighted by atomic mass is 35.5. The summed E-state index contributed by atoms with van der Waals surface area (Å²) in [6.45, 7) is 1.29. The van der Waals surface area contributed by atoms with Gasteiger partial charge in [-0.3, -0.25) is 9.59 Å². The van der Waals surface area contributed by atoms with E-state index >= 15 is 0 Å². The van der Waals surface area contributed by atoms with Gasteiger partial charge in [0.2, 0.25) is 12.7 Å². The Morgan fingerprint density at radius 3 is 2.59 bits per heavy atom. The number of carbonyl (C=O) groups is 2. The zero-order chi connectivity index (χ0) is 19.0. The van der Waals surface area contributed by atoms with Crippen LogP contribution in [0.3, 0.4) is 0 Å². The standard InChI is InChI=1S/C19H20ClN3O4/c1-22-10-13(20)8-15(22)19(25)23-6-4-12(5-7-23)18(24)21-14-2-3-16-17(9-14)27-11-26-16/h2-3,8-10,12H,4-7,11H2,1H3,(H,21,24). The molecule has 0 unspecified atom stereocenters. The summed E-state index contributed by atoms with van der Waals surface area (Å²) < 4.78 is 12.3. The zero-order valence-electron chi connectivity index (χ0n) is 14.9. The van der Waals surface area contributed by atoms with E-state index in [0.717, 1.165) is 0 Å². The smallest absolute Gasteiger partial charge is 0.270 e. The van der Waals surface area contributed by atoms with Gasteiger partial charge < -0.3 is 24.3 Å². The van der Waals surface area contributed by atoms with Crippen LogP contribution in [0, 0.1) is 5.92 Å². The number of benzene rings is 1. The maximum absolute atomic E-state index is 12.6. The second-order valence-electron chi connectivity index (χ2n) is 6.78. The van der Waals surface area contributed by atoms with Crippen molar-refractivity contribution in [2.24, 2.45) is 13.0 Å². The number of aromatic nitrogens is 1. The number of fused-ring (bicyclic) bond motifs is 1. The highest BCUT2D eigenvalue weighted by molar-refractivity contribution is 6.31. The third-order valence-electron chi connectivity index (χ3n) is 4.98. The number of hydrogen-bond acceptors (Lipinski definition) is 4. The number of nitrogens with one attached hydrogen (secondary N) is 1. The van der Waals surface area contributed by atoms with Gasteiger partial charge in [0.05, 0.1) is 5.02 Å². The number of rotatable bonds is 3. The van der Waals surface area contributed by atoms with Crippen LogP contribution in [0.25, 0.3) is 0 Å². The molecule has 0 atom stereocenters. The van der Waals surface area contributed by atoms with Crippen LogP contribution >= 0.6 is 11.6 Å². The summed E-state index contributed by atoms with van der Waals surface area (Å²) in [5.74, 6) is 1.09. The minimum atomic E-state index is -0.128. The van der Waals surface area contributed by atoms with Crippen molar-refractivity contribution in [2.75, 3.05) is 25.2 Å². The maximum atomic E-state index is 12.6. The molecule has 0 saturated carbocycles. The van der Waals surface area contributed by atoms with Gasteiger partial charge in [0.1, 0.15) is 5.69 Å². The normalized spacial score (nSPS) is 16.4. The molecule has 0 bridgehead atoms. The lowest BCUT2D eigenvalue weighted by Gasteiger charge is -2.31. The van der Waals surface area contributed by atoms with Gasteiger partial charge in [0.25, 0.3) is 5.91 Å². The van der Waals surface area contributed by atoms with Crippen LogP contribution in [0.15, 0.2) is 30.5 Å². The van der Waals surface area contributed by atoms with Crippen LogP contribution in [0.2, 0.25) is 5.02 Å². The van der Waals surface area contributed by atoms with Gasteiger partial charge in [0.15, 0.2) is 11.5 Å².